The molecule has 0 aliphatic rings. The van der Waals surface area contributed by atoms with Crippen LogP contribution < -0.4 is 5.32 Å². The van der Waals surface area contributed by atoms with Crippen LogP contribution in [-0.4, -0.2) is 22.2 Å². The van der Waals surface area contributed by atoms with Crippen LogP contribution in [0.4, 0.5) is 0 Å². The maximum Gasteiger partial charge on any atom is 0.0860 e. The first-order valence-electron chi connectivity index (χ1n) is 6.32. The molecular weight excluding hydrogens is 269 g/mol. The third-order valence-corrected chi connectivity index (χ3v) is 3.90. The van der Waals surface area contributed by atoms with E-state index in [2.05, 4.69) is 24.3 Å². The van der Waals surface area contributed by atoms with Gasteiger partial charge in [-0.05, 0) is 25.2 Å². The number of hydrogen-bond donors (Lipinski definition) is 1. The number of hydrogen-bond acceptors (Lipinski definition) is 2. The van der Waals surface area contributed by atoms with Crippen molar-refractivity contribution in [3.05, 3.63) is 16.4 Å². The highest BCUT2D eigenvalue weighted by Crippen LogP contribution is 2.23. The maximum absolute atomic E-state index is 6.21. The Bertz CT molecular complexity index is 386. The van der Waals surface area contributed by atoms with Crippen LogP contribution in [-0.2, 0) is 13.6 Å². The largest absolute Gasteiger partial charge is 0.311 e. The van der Waals surface area contributed by atoms with Gasteiger partial charge in [-0.15, -0.1) is 11.6 Å². The summed E-state index contributed by atoms with van der Waals surface area (Å²) in [7, 11) is 1.93. The molecule has 0 aliphatic heterocycles. The van der Waals surface area contributed by atoms with Crippen LogP contribution in [0, 0.1) is 12.3 Å². The normalized spacial score (nSPS) is 12.1. The van der Waals surface area contributed by atoms with Crippen LogP contribution >= 0.6 is 23.2 Å². The minimum absolute atomic E-state index is 0.259. The van der Waals surface area contributed by atoms with E-state index in [0.29, 0.717) is 0 Å². The molecule has 3 nitrogen and oxygen atoms in total. The summed E-state index contributed by atoms with van der Waals surface area (Å²) in [5.41, 5.74) is 2.19. The quantitative estimate of drug-likeness (QED) is 0.779. The SMILES string of the molecule is Cc1nn(C)c(CNCC(C)(C)CCCCl)c1Cl. The zero-order valence-corrected chi connectivity index (χ0v) is 13.2. The van der Waals surface area contributed by atoms with Gasteiger partial charge < -0.3 is 5.32 Å². The first-order chi connectivity index (χ1) is 8.37. The van der Waals surface area contributed by atoms with Gasteiger partial charge in [-0.25, -0.2) is 0 Å². The summed E-state index contributed by atoms with van der Waals surface area (Å²) >= 11 is 11.9. The molecule has 0 amide bonds. The molecule has 1 rings (SSSR count). The van der Waals surface area contributed by atoms with Gasteiger partial charge in [0.2, 0.25) is 0 Å². The van der Waals surface area contributed by atoms with E-state index >= 15 is 0 Å². The molecule has 0 bridgehead atoms. The molecule has 0 radical (unpaired) electrons. The lowest BCUT2D eigenvalue weighted by atomic mass is 9.88. The van der Waals surface area contributed by atoms with E-state index in [1.807, 2.05) is 18.7 Å². The van der Waals surface area contributed by atoms with Crippen molar-refractivity contribution in [2.75, 3.05) is 12.4 Å². The van der Waals surface area contributed by atoms with Crippen molar-refractivity contribution >= 4 is 23.2 Å². The first-order valence-corrected chi connectivity index (χ1v) is 7.23. The fourth-order valence-electron chi connectivity index (χ4n) is 2.03. The molecule has 1 N–H and O–H groups in total. The fraction of sp³-hybridized carbons (Fsp3) is 0.769. The Morgan fingerprint density at radius 1 is 1.39 bits per heavy atom. The lowest BCUT2D eigenvalue weighted by molar-refractivity contribution is 0.310. The molecule has 0 saturated carbocycles. The van der Waals surface area contributed by atoms with Crippen molar-refractivity contribution < 1.29 is 0 Å². The highest BCUT2D eigenvalue weighted by molar-refractivity contribution is 6.31. The number of rotatable bonds is 7. The molecule has 0 fully saturated rings. The summed E-state index contributed by atoms with van der Waals surface area (Å²) in [5.74, 6) is 0.732. The minimum Gasteiger partial charge on any atom is -0.311 e. The van der Waals surface area contributed by atoms with Crippen LogP contribution in [0.15, 0.2) is 0 Å². The molecule has 0 atom stereocenters. The Morgan fingerprint density at radius 3 is 2.56 bits per heavy atom. The lowest BCUT2D eigenvalue weighted by Crippen LogP contribution is -2.29. The monoisotopic (exact) mass is 291 g/mol. The van der Waals surface area contributed by atoms with Gasteiger partial charge in [0.25, 0.3) is 0 Å². The fourth-order valence-corrected chi connectivity index (χ4v) is 2.39. The average molecular weight is 292 g/mol. The van der Waals surface area contributed by atoms with E-state index < -0.39 is 0 Å². The average Bonchev–Trinajstić information content (AvgIpc) is 2.53. The second-order valence-electron chi connectivity index (χ2n) is 5.53. The Kier molecular flexibility index (Phi) is 5.96. The topological polar surface area (TPSA) is 29.9 Å². The predicted molar refractivity (Wildman–Crippen MR) is 78.4 cm³/mol. The number of alkyl halides is 1. The van der Waals surface area contributed by atoms with Crippen molar-refractivity contribution in [2.24, 2.45) is 12.5 Å². The number of aryl methyl sites for hydroxylation is 2. The van der Waals surface area contributed by atoms with Gasteiger partial charge in [-0.2, -0.15) is 5.10 Å². The Morgan fingerprint density at radius 2 is 2.06 bits per heavy atom. The molecule has 18 heavy (non-hydrogen) atoms. The summed E-state index contributed by atoms with van der Waals surface area (Å²) in [6, 6.07) is 0. The summed E-state index contributed by atoms with van der Waals surface area (Å²) < 4.78 is 1.84. The standard InChI is InChI=1S/C13H23Cl2N3/c1-10-12(15)11(18(4)17-10)8-16-9-13(2,3)6-5-7-14/h16H,5-9H2,1-4H3. The van der Waals surface area contributed by atoms with Crippen LogP contribution in [0.2, 0.25) is 5.02 Å². The van der Waals surface area contributed by atoms with Crippen molar-refractivity contribution in [1.82, 2.24) is 15.1 Å². The summed E-state index contributed by atoms with van der Waals surface area (Å²) in [6.45, 7) is 8.13. The second-order valence-corrected chi connectivity index (χ2v) is 6.29. The smallest absolute Gasteiger partial charge is 0.0860 e. The highest BCUT2D eigenvalue weighted by Gasteiger charge is 2.17. The zero-order valence-electron chi connectivity index (χ0n) is 11.7. The van der Waals surface area contributed by atoms with Gasteiger partial charge in [0.1, 0.15) is 0 Å². The van der Waals surface area contributed by atoms with E-state index in [-0.39, 0.29) is 5.41 Å². The molecule has 1 heterocycles. The molecule has 5 heteroatoms. The van der Waals surface area contributed by atoms with Crippen LogP contribution in [0.1, 0.15) is 38.1 Å². The zero-order chi connectivity index (χ0) is 13.8. The number of nitrogens with one attached hydrogen (secondary N) is 1. The lowest BCUT2D eigenvalue weighted by Gasteiger charge is -2.24. The molecule has 0 unspecified atom stereocenters. The van der Waals surface area contributed by atoms with Crippen LogP contribution in [0.3, 0.4) is 0 Å². The molecule has 0 spiro atoms. The summed E-state index contributed by atoms with van der Waals surface area (Å²) in [4.78, 5) is 0. The van der Waals surface area contributed by atoms with E-state index in [9.17, 15) is 0 Å². The molecule has 1 aromatic heterocycles. The molecule has 104 valence electrons. The van der Waals surface area contributed by atoms with Gasteiger partial charge in [-0.3, -0.25) is 4.68 Å². The van der Waals surface area contributed by atoms with Crippen molar-refractivity contribution in [3.8, 4) is 0 Å². The molecule has 0 aliphatic carbocycles. The van der Waals surface area contributed by atoms with E-state index in [0.717, 1.165) is 48.2 Å². The third-order valence-electron chi connectivity index (χ3n) is 3.14. The minimum atomic E-state index is 0.259. The molecular formula is C13H23Cl2N3. The van der Waals surface area contributed by atoms with Crippen molar-refractivity contribution in [2.45, 2.75) is 40.2 Å². The number of halogens is 2. The van der Waals surface area contributed by atoms with Crippen LogP contribution in [0.25, 0.3) is 0 Å². The second kappa shape index (κ2) is 6.78. The molecule has 0 aromatic carbocycles. The molecule has 0 saturated heterocycles. The van der Waals surface area contributed by atoms with E-state index in [1.165, 1.54) is 0 Å². The third kappa shape index (κ3) is 4.45. The van der Waals surface area contributed by atoms with Crippen molar-refractivity contribution in [1.29, 1.82) is 0 Å². The van der Waals surface area contributed by atoms with Crippen molar-refractivity contribution in [3.63, 3.8) is 0 Å². The van der Waals surface area contributed by atoms with E-state index in [4.69, 9.17) is 23.2 Å². The Hall–Kier alpha value is -0.250. The highest BCUT2D eigenvalue weighted by atomic mass is 35.5. The number of aromatic nitrogens is 2. The van der Waals surface area contributed by atoms with Gasteiger partial charge >= 0.3 is 0 Å². The Labute approximate surface area is 120 Å². The van der Waals surface area contributed by atoms with Crippen LogP contribution in [0.5, 0.6) is 0 Å². The predicted octanol–water partition coefficient (Wildman–Crippen LogP) is 3.52. The van der Waals surface area contributed by atoms with Gasteiger partial charge in [0, 0.05) is 26.0 Å². The molecule has 1 aromatic rings. The van der Waals surface area contributed by atoms with E-state index in [1.54, 1.807) is 0 Å². The number of nitrogens with zero attached hydrogens (tertiary/aromatic N) is 2. The first kappa shape index (κ1) is 15.8. The van der Waals surface area contributed by atoms with Gasteiger partial charge in [0.05, 0.1) is 16.4 Å². The van der Waals surface area contributed by atoms with Gasteiger partial charge in [-0.1, -0.05) is 25.4 Å². The summed E-state index contributed by atoms with van der Waals surface area (Å²) in [5, 5.41) is 8.53. The summed E-state index contributed by atoms with van der Waals surface area (Å²) in [6.07, 6.45) is 2.18. The Balaban J connectivity index is 2.46. The maximum atomic E-state index is 6.21. The van der Waals surface area contributed by atoms with Gasteiger partial charge in [0.15, 0.2) is 0 Å².